The van der Waals surface area contributed by atoms with E-state index in [2.05, 4.69) is 19.2 Å². The molecule has 3 N–H and O–H groups in total. The van der Waals surface area contributed by atoms with E-state index in [1.165, 1.54) is 340 Å². The maximum absolute atomic E-state index is 12.5. The van der Waals surface area contributed by atoms with Gasteiger partial charge in [-0.2, -0.15) is 0 Å². The van der Waals surface area contributed by atoms with Crippen LogP contribution in [0.15, 0.2) is 0 Å². The zero-order valence-corrected chi connectivity index (χ0v) is 47.9. The number of hydrogen-bond donors (Lipinski definition) is 3. The van der Waals surface area contributed by atoms with Gasteiger partial charge in [0.25, 0.3) is 0 Å². The summed E-state index contributed by atoms with van der Waals surface area (Å²) in [5.74, 6) is -0.0201. The Morgan fingerprint density at radius 2 is 0.464 bits per heavy atom. The summed E-state index contributed by atoms with van der Waals surface area (Å²) >= 11 is 0. The Bertz CT molecular complexity index is 925. The molecule has 0 aliphatic heterocycles. The Labute approximate surface area is 435 Å². The number of hydrogen-bond acceptors (Lipinski definition) is 3. The van der Waals surface area contributed by atoms with Crippen LogP contribution in [0.2, 0.25) is 0 Å². The second-order valence-electron chi connectivity index (χ2n) is 22.9. The quantitative estimate of drug-likeness (QED) is 0.0532. The Hall–Kier alpha value is -0.610. The van der Waals surface area contributed by atoms with E-state index in [9.17, 15) is 15.0 Å². The molecule has 0 fully saturated rings. The van der Waals surface area contributed by atoms with E-state index >= 15 is 0 Å². The van der Waals surface area contributed by atoms with Crippen molar-refractivity contribution in [3.63, 3.8) is 0 Å². The van der Waals surface area contributed by atoms with E-state index in [1.54, 1.807) is 0 Å². The second kappa shape index (κ2) is 61.7. The van der Waals surface area contributed by atoms with Crippen molar-refractivity contribution < 1.29 is 15.0 Å². The molecular formula is C65H131NO3. The number of carbonyl (C=O) groups is 1. The van der Waals surface area contributed by atoms with Crippen LogP contribution in [0.3, 0.4) is 0 Å². The molecule has 0 aliphatic rings. The molecule has 0 saturated heterocycles. The Balaban J connectivity index is 3.35. The van der Waals surface area contributed by atoms with Crippen molar-refractivity contribution in [2.24, 2.45) is 0 Å². The molecule has 2 unspecified atom stereocenters. The van der Waals surface area contributed by atoms with Crippen molar-refractivity contribution in [1.82, 2.24) is 5.32 Å². The first-order chi connectivity index (χ1) is 34.2. The van der Waals surface area contributed by atoms with Crippen LogP contribution in [0, 0.1) is 0 Å². The highest BCUT2D eigenvalue weighted by molar-refractivity contribution is 5.76. The first-order valence-electron chi connectivity index (χ1n) is 32.7. The average molecular weight is 975 g/mol. The van der Waals surface area contributed by atoms with E-state index in [4.69, 9.17) is 0 Å². The highest BCUT2D eigenvalue weighted by Crippen LogP contribution is 2.20. The summed E-state index contributed by atoms with van der Waals surface area (Å²) in [7, 11) is 0. The number of carbonyl (C=O) groups excluding carboxylic acids is 1. The molecule has 0 saturated carbocycles. The number of rotatable bonds is 62. The Morgan fingerprint density at radius 1 is 0.290 bits per heavy atom. The van der Waals surface area contributed by atoms with Crippen molar-refractivity contribution in [3.8, 4) is 0 Å². The predicted molar refractivity (Wildman–Crippen MR) is 309 cm³/mol. The molecule has 0 aromatic carbocycles. The van der Waals surface area contributed by atoms with E-state index in [-0.39, 0.29) is 12.5 Å². The molecule has 0 radical (unpaired) electrons. The van der Waals surface area contributed by atoms with Gasteiger partial charge in [0.15, 0.2) is 0 Å². The van der Waals surface area contributed by atoms with Gasteiger partial charge < -0.3 is 15.5 Å². The molecule has 0 rings (SSSR count). The molecule has 4 heteroatoms. The molecule has 0 aromatic heterocycles. The number of unbranched alkanes of at least 4 members (excludes halogenated alkanes) is 55. The van der Waals surface area contributed by atoms with Gasteiger partial charge in [-0.3, -0.25) is 4.79 Å². The smallest absolute Gasteiger partial charge is 0.220 e. The molecule has 0 heterocycles. The van der Waals surface area contributed by atoms with Gasteiger partial charge in [-0.1, -0.05) is 373 Å². The van der Waals surface area contributed by atoms with Gasteiger partial charge in [0.05, 0.1) is 18.8 Å². The van der Waals surface area contributed by atoms with Crippen LogP contribution in [0.5, 0.6) is 0 Å². The zero-order valence-electron chi connectivity index (χ0n) is 47.9. The van der Waals surface area contributed by atoms with Gasteiger partial charge in [0, 0.05) is 6.42 Å². The fraction of sp³-hybridized carbons (Fsp3) is 0.985. The molecule has 0 bridgehead atoms. The predicted octanol–water partition coefficient (Wildman–Crippen LogP) is 21.9. The van der Waals surface area contributed by atoms with Gasteiger partial charge >= 0.3 is 0 Å². The SMILES string of the molecule is CCCCCCCCCCCCCCCCCCCCCCCCCCCCCCCCCCCCC(=O)NC(CO)C(O)CCCCCCCCCCCCCCCCCCCCCCCCC. The maximum Gasteiger partial charge on any atom is 0.220 e. The summed E-state index contributed by atoms with van der Waals surface area (Å²) in [4.78, 5) is 12.5. The van der Waals surface area contributed by atoms with E-state index < -0.39 is 12.1 Å². The maximum atomic E-state index is 12.5. The molecule has 0 aromatic rings. The van der Waals surface area contributed by atoms with Gasteiger partial charge in [-0.15, -0.1) is 0 Å². The normalized spacial score (nSPS) is 12.6. The van der Waals surface area contributed by atoms with Crippen molar-refractivity contribution >= 4 is 5.91 Å². The van der Waals surface area contributed by atoms with Crippen LogP contribution >= 0.6 is 0 Å². The van der Waals surface area contributed by atoms with Crippen LogP contribution in [0.1, 0.15) is 393 Å². The van der Waals surface area contributed by atoms with Crippen LogP contribution in [-0.2, 0) is 4.79 Å². The number of aliphatic hydroxyl groups excluding tert-OH is 2. The summed E-state index contributed by atoms with van der Waals surface area (Å²) < 4.78 is 0. The minimum absolute atomic E-state index is 0.0201. The lowest BCUT2D eigenvalue weighted by atomic mass is 10.0. The van der Waals surface area contributed by atoms with Crippen molar-refractivity contribution in [2.45, 2.75) is 405 Å². The lowest BCUT2D eigenvalue weighted by Gasteiger charge is -2.22. The first-order valence-corrected chi connectivity index (χ1v) is 32.7. The molecule has 414 valence electrons. The second-order valence-corrected chi connectivity index (χ2v) is 22.9. The highest BCUT2D eigenvalue weighted by Gasteiger charge is 2.20. The standard InChI is InChI=1S/C65H131NO3/c1-3-5-7-9-11-13-15-17-19-21-23-25-27-28-29-30-31-32-33-34-35-36-37-39-41-43-45-47-49-51-53-55-57-59-61-65(69)66-63(62-67)64(68)60-58-56-54-52-50-48-46-44-42-40-38-26-24-22-20-18-16-14-12-10-8-6-4-2/h63-64,67-68H,3-62H2,1-2H3,(H,66,69). The minimum Gasteiger partial charge on any atom is -0.394 e. The molecular weight excluding hydrogens is 843 g/mol. The van der Waals surface area contributed by atoms with Crippen LogP contribution < -0.4 is 5.32 Å². The third-order valence-electron chi connectivity index (χ3n) is 15.9. The highest BCUT2D eigenvalue weighted by atomic mass is 16.3. The van der Waals surface area contributed by atoms with Gasteiger partial charge in [0.2, 0.25) is 5.91 Å². The summed E-state index contributed by atoms with van der Waals surface area (Å²) in [5, 5.41) is 23.4. The molecule has 1 amide bonds. The average Bonchev–Trinajstić information content (AvgIpc) is 3.35. The van der Waals surface area contributed by atoms with Crippen LogP contribution in [0.4, 0.5) is 0 Å². The fourth-order valence-electron chi connectivity index (χ4n) is 10.9. The summed E-state index contributed by atoms with van der Waals surface area (Å²) in [6.07, 6.45) is 80.0. The molecule has 0 spiro atoms. The number of nitrogens with one attached hydrogen (secondary N) is 1. The third-order valence-corrected chi connectivity index (χ3v) is 15.9. The lowest BCUT2D eigenvalue weighted by molar-refractivity contribution is -0.123. The molecule has 2 atom stereocenters. The van der Waals surface area contributed by atoms with E-state index in [0.717, 1.165) is 25.7 Å². The van der Waals surface area contributed by atoms with Gasteiger partial charge in [-0.05, 0) is 12.8 Å². The summed E-state index contributed by atoms with van der Waals surface area (Å²) in [5.41, 5.74) is 0. The zero-order chi connectivity index (χ0) is 49.9. The third kappa shape index (κ3) is 58.2. The molecule has 4 nitrogen and oxygen atoms in total. The van der Waals surface area contributed by atoms with Gasteiger partial charge in [0.1, 0.15) is 0 Å². The summed E-state index contributed by atoms with van der Waals surface area (Å²) in [6.45, 7) is 4.42. The number of aliphatic hydroxyl groups is 2. The van der Waals surface area contributed by atoms with Crippen molar-refractivity contribution in [1.29, 1.82) is 0 Å². The molecule has 69 heavy (non-hydrogen) atoms. The molecule has 0 aliphatic carbocycles. The van der Waals surface area contributed by atoms with Crippen LogP contribution in [0.25, 0.3) is 0 Å². The fourth-order valence-corrected chi connectivity index (χ4v) is 10.9. The monoisotopic (exact) mass is 974 g/mol. The van der Waals surface area contributed by atoms with Gasteiger partial charge in [-0.25, -0.2) is 0 Å². The Morgan fingerprint density at radius 3 is 0.652 bits per heavy atom. The minimum atomic E-state index is -0.656. The first kappa shape index (κ1) is 68.4. The topological polar surface area (TPSA) is 69.6 Å². The van der Waals surface area contributed by atoms with Crippen LogP contribution in [-0.4, -0.2) is 34.9 Å². The van der Waals surface area contributed by atoms with E-state index in [0.29, 0.717) is 12.8 Å². The van der Waals surface area contributed by atoms with Crippen molar-refractivity contribution in [3.05, 3.63) is 0 Å². The van der Waals surface area contributed by atoms with Crippen molar-refractivity contribution in [2.75, 3.05) is 6.61 Å². The lowest BCUT2D eigenvalue weighted by Crippen LogP contribution is -2.45. The summed E-state index contributed by atoms with van der Waals surface area (Å²) in [6, 6.07) is -0.532. The Kier molecular flexibility index (Phi) is 61.1. The number of amides is 1. The van der Waals surface area contributed by atoms with E-state index in [1.807, 2.05) is 0 Å². The largest absolute Gasteiger partial charge is 0.394 e.